The van der Waals surface area contributed by atoms with Gasteiger partial charge in [0.2, 0.25) is 0 Å². The summed E-state index contributed by atoms with van der Waals surface area (Å²) in [6, 6.07) is 0. The molecule has 0 saturated heterocycles. The van der Waals surface area contributed by atoms with Crippen LogP contribution in [0.2, 0.25) is 0 Å². The number of carboxylic acid groups (broad SMARTS) is 1. The third kappa shape index (κ3) is 1.56. The van der Waals surface area contributed by atoms with E-state index in [1.165, 1.54) is 0 Å². The van der Waals surface area contributed by atoms with Crippen LogP contribution >= 0.6 is 0 Å². The molecule has 2 rings (SSSR count). The van der Waals surface area contributed by atoms with Gasteiger partial charge in [-0.15, -0.1) is 0 Å². The van der Waals surface area contributed by atoms with E-state index in [1.807, 2.05) is 6.92 Å². The molecule has 0 radical (unpaired) electrons. The molecule has 1 aromatic heterocycles. The topological polar surface area (TPSA) is 76.2 Å². The minimum Gasteiger partial charge on any atom is -0.478 e. The number of rotatable bonds is 1. The molecule has 0 atom stereocenters. The maximum atomic E-state index is 11.1. The molecule has 1 aromatic rings. The van der Waals surface area contributed by atoms with Crippen LogP contribution in [0.5, 0.6) is 0 Å². The fourth-order valence-electron chi connectivity index (χ4n) is 2.28. The van der Waals surface area contributed by atoms with Crippen molar-refractivity contribution in [2.24, 2.45) is 0 Å². The van der Waals surface area contributed by atoms with Crippen molar-refractivity contribution in [3.63, 3.8) is 0 Å². The number of aromatic nitrogens is 1. The van der Waals surface area contributed by atoms with E-state index in [2.05, 4.69) is 4.98 Å². The predicted molar refractivity (Wildman–Crippen MR) is 57.0 cm³/mol. The molecule has 0 aromatic carbocycles. The highest BCUT2D eigenvalue weighted by Gasteiger charge is 2.22. The maximum Gasteiger partial charge on any atom is 0.339 e. The zero-order valence-corrected chi connectivity index (χ0v) is 8.71. The Morgan fingerprint density at radius 2 is 1.93 bits per heavy atom. The van der Waals surface area contributed by atoms with Gasteiger partial charge in [0.15, 0.2) is 0 Å². The minimum atomic E-state index is -0.960. The Hall–Kier alpha value is -1.58. The Kier molecular flexibility index (Phi) is 2.34. The first-order chi connectivity index (χ1) is 7.11. The predicted octanol–water partition coefficient (Wildman–Crippen LogP) is 1.55. The average molecular weight is 206 g/mol. The van der Waals surface area contributed by atoms with Gasteiger partial charge < -0.3 is 10.8 Å². The quantitative estimate of drug-likeness (QED) is 0.730. The van der Waals surface area contributed by atoms with Gasteiger partial charge in [0, 0.05) is 5.69 Å². The molecule has 0 unspecified atom stereocenters. The molecular weight excluding hydrogens is 192 g/mol. The van der Waals surface area contributed by atoms with Crippen LogP contribution in [0.1, 0.15) is 40.0 Å². The van der Waals surface area contributed by atoms with Crippen LogP contribution in [0.25, 0.3) is 0 Å². The number of aryl methyl sites for hydroxylation is 1. The van der Waals surface area contributed by atoms with Crippen molar-refractivity contribution in [1.82, 2.24) is 4.98 Å². The summed E-state index contributed by atoms with van der Waals surface area (Å²) in [4.78, 5) is 15.2. The lowest BCUT2D eigenvalue weighted by Gasteiger charge is -2.20. The molecule has 0 amide bonds. The number of anilines is 1. The molecule has 4 nitrogen and oxygen atoms in total. The number of carboxylic acids is 1. The first-order valence-corrected chi connectivity index (χ1v) is 5.12. The van der Waals surface area contributed by atoms with Crippen molar-refractivity contribution < 1.29 is 9.90 Å². The second kappa shape index (κ2) is 3.53. The molecule has 1 aliphatic rings. The lowest BCUT2D eigenvalue weighted by molar-refractivity contribution is 0.0696. The second-order valence-corrected chi connectivity index (χ2v) is 3.93. The molecule has 0 bridgehead atoms. The van der Waals surface area contributed by atoms with E-state index < -0.39 is 5.97 Å². The highest BCUT2D eigenvalue weighted by atomic mass is 16.4. The number of nitrogen functional groups attached to an aromatic ring is 1. The van der Waals surface area contributed by atoms with Crippen LogP contribution in [0, 0.1) is 6.92 Å². The molecule has 15 heavy (non-hydrogen) atoms. The van der Waals surface area contributed by atoms with Gasteiger partial charge in [-0.25, -0.2) is 9.78 Å². The molecule has 0 aliphatic heterocycles. The number of nitrogens with zero attached hydrogens (tertiary/aromatic N) is 1. The Balaban J connectivity index is 2.68. The van der Waals surface area contributed by atoms with Gasteiger partial charge in [-0.05, 0) is 43.7 Å². The van der Waals surface area contributed by atoms with Crippen LogP contribution in [0.4, 0.5) is 5.82 Å². The highest BCUT2D eigenvalue weighted by molar-refractivity contribution is 5.95. The zero-order chi connectivity index (χ0) is 11.0. The third-order valence-electron chi connectivity index (χ3n) is 2.96. The largest absolute Gasteiger partial charge is 0.478 e. The number of hydrogen-bond donors (Lipinski definition) is 2. The number of pyridine rings is 1. The number of aromatic carboxylic acids is 1. The normalized spacial score (nSPS) is 14.7. The highest BCUT2D eigenvalue weighted by Crippen LogP contribution is 2.29. The first kappa shape index (κ1) is 9.96. The lowest BCUT2D eigenvalue weighted by atomic mass is 9.87. The number of fused-ring (bicyclic) bond motifs is 1. The number of nitrogens with two attached hydrogens (primary N) is 1. The Morgan fingerprint density at radius 3 is 2.53 bits per heavy atom. The molecule has 0 spiro atoms. The summed E-state index contributed by atoms with van der Waals surface area (Å²) >= 11 is 0. The van der Waals surface area contributed by atoms with Crippen LogP contribution in [0.3, 0.4) is 0 Å². The van der Waals surface area contributed by atoms with Crippen LogP contribution in [-0.2, 0) is 12.8 Å². The summed E-state index contributed by atoms with van der Waals surface area (Å²) in [6.45, 7) is 1.89. The van der Waals surface area contributed by atoms with Crippen molar-refractivity contribution in [2.75, 3.05) is 5.73 Å². The summed E-state index contributed by atoms with van der Waals surface area (Å²) in [5, 5.41) is 9.09. The summed E-state index contributed by atoms with van der Waals surface area (Å²) in [6.07, 6.45) is 3.88. The fraction of sp³-hybridized carbons (Fsp3) is 0.455. The molecule has 1 aliphatic carbocycles. The van der Waals surface area contributed by atoms with E-state index in [-0.39, 0.29) is 11.4 Å². The Labute approximate surface area is 88.1 Å². The van der Waals surface area contributed by atoms with Crippen molar-refractivity contribution in [3.05, 3.63) is 22.4 Å². The van der Waals surface area contributed by atoms with E-state index in [1.54, 1.807) is 0 Å². The van der Waals surface area contributed by atoms with Crippen LogP contribution < -0.4 is 5.73 Å². The van der Waals surface area contributed by atoms with Gasteiger partial charge in [-0.1, -0.05) is 0 Å². The second-order valence-electron chi connectivity index (χ2n) is 3.93. The summed E-state index contributed by atoms with van der Waals surface area (Å²) < 4.78 is 0. The van der Waals surface area contributed by atoms with Crippen molar-refractivity contribution in [2.45, 2.75) is 32.6 Å². The third-order valence-corrected chi connectivity index (χ3v) is 2.96. The van der Waals surface area contributed by atoms with Gasteiger partial charge in [-0.2, -0.15) is 0 Å². The number of carbonyl (C=O) groups is 1. The smallest absolute Gasteiger partial charge is 0.339 e. The van der Waals surface area contributed by atoms with E-state index >= 15 is 0 Å². The first-order valence-electron chi connectivity index (χ1n) is 5.12. The van der Waals surface area contributed by atoms with Gasteiger partial charge >= 0.3 is 5.97 Å². The molecule has 0 saturated carbocycles. The summed E-state index contributed by atoms with van der Waals surface area (Å²) in [5.41, 5.74) is 8.75. The summed E-state index contributed by atoms with van der Waals surface area (Å²) in [7, 11) is 0. The van der Waals surface area contributed by atoms with E-state index in [0.29, 0.717) is 0 Å². The van der Waals surface area contributed by atoms with Gasteiger partial charge in [0.05, 0.1) is 0 Å². The lowest BCUT2D eigenvalue weighted by Crippen LogP contribution is -2.16. The van der Waals surface area contributed by atoms with Crippen LogP contribution in [0.15, 0.2) is 0 Å². The molecule has 80 valence electrons. The van der Waals surface area contributed by atoms with Crippen molar-refractivity contribution in [1.29, 1.82) is 0 Å². The molecule has 1 heterocycles. The Morgan fingerprint density at radius 1 is 1.33 bits per heavy atom. The van der Waals surface area contributed by atoms with Crippen molar-refractivity contribution >= 4 is 11.8 Å². The standard InChI is InChI=1S/C11H14N2O2/c1-6-7-4-2-3-5-8(7)9(11(14)15)10(12)13-6/h2-5H2,1H3,(H2,12,13)(H,14,15). The molecule has 4 heteroatoms. The average Bonchev–Trinajstić information content (AvgIpc) is 2.17. The molecule has 3 N–H and O–H groups in total. The van der Waals surface area contributed by atoms with E-state index in [9.17, 15) is 4.79 Å². The zero-order valence-electron chi connectivity index (χ0n) is 8.71. The minimum absolute atomic E-state index is 0.153. The number of hydrogen-bond acceptors (Lipinski definition) is 3. The van der Waals surface area contributed by atoms with Crippen molar-refractivity contribution in [3.8, 4) is 0 Å². The van der Waals surface area contributed by atoms with E-state index in [4.69, 9.17) is 10.8 Å². The van der Waals surface area contributed by atoms with Crippen LogP contribution in [-0.4, -0.2) is 16.1 Å². The molecule has 0 fully saturated rings. The SMILES string of the molecule is Cc1nc(N)c(C(=O)O)c2c1CCCC2. The monoisotopic (exact) mass is 206 g/mol. The van der Waals surface area contributed by atoms with Gasteiger partial charge in [0.25, 0.3) is 0 Å². The molecular formula is C11H14N2O2. The van der Waals surface area contributed by atoms with E-state index in [0.717, 1.165) is 42.5 Å². The fourth-order valence-corrected chi connectivity index (χ4v) is 2.28. The Bertz CT molecular complexity index is 427. The maximum absolute atomic E-state index is 11.1. The summed E-state index contributed by atoms with van der Waals surface area (Å²) in [5.74, 6) is -0.807. The van der Waals surface area contributed by atoms with Gasteiger partial charge in [0.1, 0.15) is 11.4 Å². The van der Waals surface area contributed by atoms with Gasteiger partial charge in [-0.3, -0.25) is 0 Å².